The fraction of sp³-hybridized carbons (Fsp3) is 0.348. The Balaban J connectivity index is 1.47. The predicted molar refractivity (Wildman–Crippen MR) is 135 cm³/mol. The number of nitrogens with zero attached hydrogens (tertiary/aromatic N) is 2. The summed E-state index contributed by atoms with van der Waals surface area (Å²) in [5, 5.41) is 2.95. The van der Waals surface area contributed by atoms with E-state index in [1.165, 1.54) is 40.7 Å². The van der Waals surface area contributed by atoms with Crippen molar-refractivity contribution in [2.24, 2.45) is 5.92 Å². The van der Waals surface area contributed by atoms with Gasteiger partial charge in [0.05, 0.1) is 32.5 Å². The number of piperidine rings is 1. The molecule has 0 bridgehead atoms. The van der Waals surface area contributed by atoms with Crippen LogP contribution in [0, 0.1) is 5.92 Å². The molecule has 1 aliphatic heterocycles. The van der Waals surface area contributed by atoms with E-state index in [0.717, 1.165) is 17.6 Å². The number of carbonyl (C=O) groups excluding carboxylic acids is 2. The zero-order valence-electron chi connectivity index (χ0n) is 19.6. The number of benzene rings is 2. The van der Waals surface area contributed by atoms with Crippen molar-refractivity contribution in [2.75, 3.05) is 31.3 Å². The first kappa shape index (κ1) is 26.2. The van der Waals surface area contributed by atoms with Crippen molar-refractivity contribution in [3.8, 4) is 0 Å². The first-order chi connectivity index (χ1) is 17.0. The third-order valence-corrected chi connectivity index (χ3v) is 9.69. The van der Waals surface area contributed by atoms with Crippen LogP contribution in [0.4, 0.5) is 5.13 Å². The van der Waals surface area contributed by atoms with E-state index in [0.29, 0.717) is 29.6 Å². The number of ether oxygens (including phenoxy) is 1. The molecule has 0 spiro atoms. The highest BCUT2D eigenvalue weighted by atomic mass is 32.2. The molecule has 3 aromatic rings. The van der Waals surface area contributed by atoms with E-state index in [9.17, 15) is 26.4 Å². The van der Waals surface area contributed by atoms with Crippen LogP contribution < -0.4 is 5.32 Å². The van der Waals surface area contributed by atoms with Gasteiger partial charge in [-0.05, 0) is 62.2 Å². The molecule has 1 unspecified atom stereocenters. The highest BCUT2D eigenvalue weighted by Gasteiger charge is 2.34. The van der Waals surface area contributed by atoms with Crippen molar-refractivity contribution >= 4 is 58.4 Å². The maximum Gasteiger partial charge on any atom is 0.310 e. The topological polar surface area (TPSA) is 140 Å². The minimum atomic E-state index is -3.84. The van der Waals surface area contributed by atoms with Crippen LogP contribution in [0.5, 0.6) is 0 Å². The number of sulfone groups is 1. The second kappa shape index (κ2) is 10.2. The molecule has 1 atom stereocenters. The SMILES string of the molecule is CCOC(=O)C1CCCN(S(=O)(=O)c2ccc(C(=O)Nc3nc4ccc(S(C)(=O)=O)cc4s3)cc2)C1. The number of anilines is 1. The minimum Gasteiger partial charge on any atom is -0.466 e. The summed E-state index contributed by atoms with van der Waals surface area (Å²) >= 11 is 1.13. The van der Waals surface area contributed by atoms with Gasteiger partial charge in [-0.2, -0.15) is 4.31 Å². The highest BCUT2D eigenvalue weighted by molar-refractivity contribution is 7.90. The lowest BCUT2D eigenvalue weighted by Crippen LogP contribution is -2.42. The summed E-state index contributed by atoms with van der Waals surface area (Å²) in [5.74, 6) is -1.38. The van der Waals surface area contributed by atoms with Gasteiger partial charge >= 0.3 is 5.97 Å². The van der Waals surface area contributed by atoms with Gasteiger partial charge < -0.3 is 4.74 Å². The molecule has 2 heterocycles. The number of hydrogen-bond donors (Lipinski definition) is 1. The molecule has 1 amide bonds. The van der Waals surface area contributed by atoms with E-state index in [1.54, 1.807) is 13.0 Å². The largest absolute Gasteiger partial charge is 0.466 e. The van der Waals surface area contributed by atoms with Crippen LogP contribution in [0.2, 0.25) is 0 Å². The van der Waals surface area contributed by atoms with Gasteiger partial charge in [0.2, 0.25) is 10.0 Å². The molecule has 10 nitrogen and oxygen atoms in total. The number of aromatic nitrogens is 1. The van der Waals surface area contributed by atoms with Crippen molar-refractivity contribution in [1.29, 1.82) is 0 Å². The monoisotopic (exact) mass is 551 g/mol. The molecule has 1 N–H and O–H groups in total. The second-order valence-electron chi connectivity index (χ2n) is 8.35. The fourth-order valence-electron chi connectivity index (χ4n) is 3.90. The van der Waals surface area contributed by atoms with E-state index < -0.39 is 37.7 Å². The van der Waals surface area contributed by atoms with Crippen LogP contribution in [-0.4, -0.2) is 64.0 Å². The Hall–Kier alpha value is -2.87. The molecule has 1 saturated heterocycles. The molecular formula is C23H25N3O7S3. The second-order valence-corrected chi connectivity index (χ2v) is 13.3. The quantitative estimate of drug-likeness (QED) is 0.442. The van der Waals surface area contributed by atoms with Gasteiger partial charge in [-0.3, -0.25) is 14.9 Å². The summed E-state index contributed by atoms with van der Waals surface area (Å²) in [4.78, 5) is 29.3. The zero-order chi connectivity index (χ0) is 26.1. The van der Waals surface area contributed by atoms with Crippen LogP contribution >= 0.6 is 11.3 Å². The van der Waals surface area contributed by atoms with Crippen molar-refractivity contribution < 1.29 is 31.2 Å². The summed E-state index contributed by atoms with van der Waals surface area (Å²) in [5.41, 5.74) is 0.778. The summed E-state index contributed by atoms with van der Waals surface area (Å²) in [7, 11) is -7.21. The highest BCUT2D eigenvalue weighted by Crippen LogP contribution is 2.29. The average molecular weight is 552 g/mol. The van der Waals surface area contributed by atoms with E-state index in [1.807, 2.05) is 0 Å². The van der Waals surface area contributed by atoms with Gasteiger partial charge in [0.25, 0.3) is 5.91 Å². The predicted octanol–water partition coefficient (Wildman–Crippen LogP) is 2.92. The van der Waals surface area contributed by atoms with Crippen LogP contribution in [-0.2, 0) is 29.4 Å². The number of sulfonamides is 1. The number of thiazole rings is 1. The first-order valence-corrected chi connectivity index (χ1v) is 15.3. The molecule has 1 aromatic heterocycles. The molecule has 0 saturated carbocycles. The van der Waals surface area contributed by atoms with Crippen molar-refractivity contribution in [3.63, 3.8) is 0 Å². The standard InChI is InChI=1S/C23H25N3O7S3/c1-3-33-22(28)16-5-4-12-26(14-16)36(31,32)17-8-6-15(7-9-17)21(27)25-23-24-19-11-10-18(35(2,29)30)13-20(19)34-23/h6-11,13,16H,3-5,12,14H2,1-2H3,(H,24,25,27). The van der Waals surface area contributed by atoms with E-state index in [-0.39, 0.29) is 33.6 Å². The van der Waals surface area contributed by atoms with Crippen LogP contribution in [0.25, 0.3) is 10.2 Å². The van der Waals surface area contributed by atoms with E-state index in [2.05, 4.69) is 10.3 Å². The number of hydrogen-bond acceptors (Lipinski definition) is 9. The molecular weight excluding hydrogens is 526 g/mol. The molecule has 36 heavy (non-hydrogen) atoms. The Labute approximate surface area is 213 Å². The molecule has 0 radical (unpaired) electrons. The molecule has 13 heteroatoms. The summed E-state index contributed by atoms with van der Waals surface area (Å²) in [6.45, 7) is 2.31. The normalized spacial score (nSPS) is 17.1. The maximum absolute atomic E-state index is 13.1. The van der Waals surface area contributed by atoms with Gasteiger partial charge in [0, 0.05) is 24.9 Å². The summed E-state index contributed by atoms with van der Waals surface area (Å²) in [6, 6.07) is 10.1. The lowest BCUT2D eigenvalue weighted by atomic mass is 10.0. The van der Waals surface area contributed by atoms with Crippen molar-refractivity contribution in [3.05, 3.63) is 48.0 Å². The zero-order valence-corrected chi connectivity index (χ0v) is 22.1. The fourth-order valence-corrected chi connectivity index (χ4v) is 7.04. The lowest BCUT2D eigenvalue weighted by molar-refractivity contribution is -0.149. The molecule has 1 fully saturated rings. The molecule has 1 aliphatic rings. The summed E-state index contributed by atoms with van der Waals surface area (Å²) < 4.78 is 56.7. The number of rotatable bonds is 7. The Morgan fingerprint density at radius 1 is 1.11 bits per heavy atom. The third kappa shape index (κ3) is 5.59. The number of nitrogens with one attached hydrogen (secondary N) is 1. The molecule has 4 rings (SSSR count). The Kier molecular flexibility index (Phi) is 7.46. The van der Waals surface area contributed by atoms with Crippen molar-refractivity contribution in [1.82, 2.24) is 9.29 Å². The van der Waals surface area contributed by atoms with Gasteiger partial charge in [-0.1, -0.05) is 11.3 Å². The third-order valence-electron chi connectivity index (χ3n) is 5.77. The maximum atomic E-state index is 13.1. The Bertz CT molecular complexity index is 1510. The van der Waals surface area contributed by atoms with Crippen LogP contribution in [0.1, 0.15) is 30.1 Å². The van der Waals surface area contributed by atoms with Crippen LogP contribution in [0.3, 0.4) is 0 Å². The van der Waals surface area contributed by atoms with Gasteiger partial charge in [0.1, 0.15) is 0 Å². The number of amides is 1. The number of carbonyl (C=O) groups is 2. The minimum absolute atomic E-state index is 0.0249. The first-order valence-electron chi connectivity index (χ1n) is 11.2. The molecule has 192 valence electrons. The van der Waals surface area contributed by atoms with Gasteiger partial charge in [-0.15, -0.1) is 0 Å². The molecule has 2 aromatic carbocycles. The van der Waals surface area contributed by atoms with Gasteiger partial charge in [0.15, 0.2) is 15.0 Å². The average Bonchev–Trinajstić information content (AvgIpc) is 3.25. The molecule has 0 aliphatic carbocycles. The van der Waals surface area contributed by atoms with E-state index in [4.69, 9.17) is 4.74 Å². The van der Waals surface area contributed by atoms with Crippen molar-refractivity contribution in [2.45, 2.75) is 29.6 Å². The Morgan fingerprint density at radius 2 is 1.81 bits per heavy atom. The smallest absolute Gasteiger partial charge is 0.310 e. The number of esters is 1. The number of fused-ring (bicyclic) bond motifs is 1. The summed E-state index contributed by atoms with van der Waals surface area (Å²) in [6.07, 6.45) is 2.24. The van der Waals surface area contributed by atoms with Gasteiger partial charge in [-0.25, -0.2) is 21.8 Å². The Morgan fingerprint density at radius 3 is 2.47 bits per heavy atom. The van der Waals surface area contributed by atoms with Crippen LogP contribution in [0.15, 0.2) is 52.3 Å². The lowest BCUT2D eigenvalue weighted by Gasteiger charge is -2.30. The van der Waals surface area contributed by atoms with E-state index >= 15 is 0 Å².